The van der Waals surface area contributed by atoms with E-state index in [9.17, 15) is 0 Å². The van der Waals surface area contributed by atoms with E-state index in [4.69, 9.17) is 9.84 Å². The highest BCUT2D eigenvalue weighted by Gasteiger charge is 2.28. The second-order valence-electron chi connectivity index (χ2n) is 6.23. The van der Waals surface area contributed by atoms with Gasteiger partial charge in [0.15, 0.2) is 0 Å². The van der Waals surface area contributed by atoms with Crippen LogP contribution in [0.1, 0.15) is 24.1 Å². The van der Waals surface area contributed by atoms with Crippen LogP contribution in [0.2, 0.25) is 0 Å². The molecule has 1 unspecified atom stereocenters. The zero-order chi connectivity index (χ0) is 14.9. The Kier molecular flexibility index (Phi) is 3.68. The van der Waals surface area contributed by atoms with Gasteiger partial charge in [-0.2, -0.15) is 5.10 Å². The van der Waals surface area contributed by atoms with Crippen molar-refractivity contribution < 1.29 is 4.74 Å². The molecule has 0 bridgehead atoms. The fourth-order valence-electron chi connectivity index (χ4n) is 3.65. The van der Waals surface area contributed by atoms with Crippen LogP contribution in [-0.4, -0.2) is 45.5 Å². The first-order chi connectivity index (χ1) is 10.8. The van der Waals surface area contributed by atoms with Crippen LogP contribution < -0.4 is 0 Å². The number of aryl methyl sites for hydroxylation is 1. The molecular weight excluding hydrogens is 276 g/mol. The lowest BCUT2D eigenvalue weighted by Crippen LogP contribution is -2.35. The van der Waals surface area contributed by atoms with Crippen molar-refractivity contribution in [3.8, 4) is 11.3 Å². The quantitative estimate of drug-likeness (QED) is 0.851. The van der Waals surface area contributed by atoms with Crippen molar-refractivity contribution in [2.75, 3.05) is 19.8 Å². The molecule has 4 heterocycles. The summed E-state index contributed by atoms with van der Waals surface area (Å²) in [5, 5.41) is 4.78. The van der Waals surface area contributed by atoms with E-state index in [1.165, 1.54) is 17.7 Å². The highest BCUT2D eigenvalue weighted by molar-refractivity contribution is 5.63. The van der Waals surface area contributed by atoms with Gasteiger partial charge < -0.3 is 4.74 Å². The third-order valence-electron chi connectivity index (χ3n) is 4.86. The van der Waals surface area contributed by atoms with Crippen molar-refractivity contribution >= 4 is 0 Å². The standard InChI is InChI=1S/C17H22N4O/c1-20-16-11-21(14-6-9-22-12-14)8-3-5-15(16)17(19-20)13-4-2-7-18-10-13/h2,4,7,10,14H,3,5-6,8-9,11-12H2,1H3. The molecular formula is C17H22N4O. The van der Waals surface area contributed by atoms with Gasteiger partial charge in [0.25, 0.3) is 0 Å². The summed E-state index contributed by atoms with van der Waals surface area (Å²) in [6.07, 6.45) is 7.16. The Bertz CT molecular complexity index is 646. The molecule has 2 aliphatic heterocycles. The maximum absolute atomic E-state index is 5.57. The molecule has 116 valence electrons. The molecule has 0 saturated carbocycles. The van der Waals surface area contributed by atoms with Crippen molar-refractivity contribution in [1.82, 2.24) is 19.7 Å². The maximum Gasteiger partial charge on any atom is 0.0973 e. The van der Waals surface area contributed by atoms with Crippen LogP contribution in [0, 0.1) is 0 Å². The van der Waals surface area contributed by atoms with Crippen LogP contribution in [0.25, 0.3) is 11.3 Å². The number of aromatic nitrogens is 3. The first-order valence-corrected chi connectivity index (χ1v) is 8.10. The van der Waals surface area contributed by atoms with Gasteiger partial charge in [0.05, 0.1) is 18.0 Å². The first kappa shape index (κ1) is 13.9. The molecule has 0 N–H and O–H groups in total. The Labute approximate surface area is 130 Å². The van der Waals surface area contributed by atoms with Crippen molar-refractivity contribution in [2.45, 2.75) is 31.8 Å². The van der Waals surface area contributed by atoms with Crippen molar-refractivity contribution in [1.29, 1.82) is 0 Å². The predicted molar refractivity (Wildman–Crippen MR) is 84.4 cm³/mol. The molecule has 0 amide bonds. The molecule has 0 aromatic carbocycles. The van der Waals surface area contributed by atoms with Gasteiger partial charge in [-0.05, 0) is 37.9 Å². The number of ether oxygens (including phenoxy) is 1. The molecule has 0 spiro atoms. The highest BCUT2D eigenvalue weighted by Crippen LogP contribution is 2.30. The third-order valence-corrected chi connectivity index (χ3v) is 4.86. The van der Waals surface area contributed by atoms with E-state index < -0.39 is 0 Å². The van der Waals surface area contributed by atoms with Crippen LogP contribution in [0.5, 0.6) is 0 Å². The summed E-state index contributed by atoms with van der Waals surface area (Å²) in [5.41, 5.74) is 4.98. The van der Waals surface area contributed by atoms with Crippen LogP contribution in [0.4, 0.5) is 0 Å². The van der Waals surface area contributed by atoms with E-state index in [1.54, 1.807) is 0 Å². The number of fused-ring (bicyclic) bond motifs is 1. The molecule has 5 nitrogen and oxygen atoms in total. The van der Waals surface area contributed by atoms with Gasteiger partial charge in [-0.1, -0.05) is 0 Å². The molecule has 0 radical (unpaired) electrons. The summed E-state index contributed by atoms with van der Waals surface area (Å²) >= 11 is 0. The highest BCUT2D eigenvalue weighted by atomic mass is 16.5. The second-order valence-corrected chi connectivity index (χ2v) is 6.23. The van der Waals surface area contributed by atoms with Gasteiger partial charge in [-0.15, -0.1) is 0 Å². The fraction of sp³-hybridized carbons (Fsp3) is 0.529. The van der Waals surface area contributed by atoms with E-state index in [0.29, 0.717) is 6.04 Å². The average Bonchev–Trinajstić information content (AvgIpc) is 3.12. The Balaban J connectivity index is 1.68. The van der Waals surface area contributed by atoms with E-state index >= 15 is 0 Å². The van der Waals surface area contributed by atoms with Crippen molar-refractivity contribution in [3.05, 3.63) is 35.8 Å². The molecule has 2 aliphatic rings. The van der Waals surface area contributed by atoms with Crippen molar-refractivity contribution in [2.24, 2.45) is 7.05 Å². The minimum absolute atomic E-state index is 0.572. The lowest BCUT2D eigenvalue weighted by Gasteiger charge is -2.26. The van der Waals surface area contributed by atoms with Gasteiger partial charge in [-0.3, -0.25) is 14.6 Å². The Hall–Kier alpha value is -1.72. The van der Waals surface area contributed by atoms with Gasteiger partial charge in [0, 0.05) is 49.8 Å². The zero-order valence-corrected chi connectivity index (χ0v) is 13.0. The molecule has 4 rings (SSSR count). The minimum Gasteiger partial charge on any atom is -0.380 e. The Morgan fingerprint density at radius 1 is 1.36 bits per heavy atom. The number of nitrogens with zero attached hydrogens (tertiary/aromatic N) is 4. The van der Waals surface area contributed by atoms with Gasteiger partial charge in [-0.25, -0.2) is 0 Å². The molecule has 1 saturated heterocycles. The lowest BCUT2D eigenvalue weighted by molar-refractivity contribution is 0.138. The van der Waals surface area contributed by atoms with E-state index in [-0.39, 0.29) is 0 Å². The minimum atomic E-state index is 0.572. The van der Waals surface area contributed by atoms with E-state index in [0.717, 1.165) is 50.4 Å². The van der Waals surface area contributed by atoms with Crippen LogP contribution >= 0.6 is 0 Å². The summed E-state index contributed by atoms with van der Waals surface area (Å²) in [7, 11) is 2.06. The maximum atomic E-state index is 5.57. The largest absolute Gasteiger partial charge is 0.380 e. The summed E-state index contributed by atoms with van der Waals surface area (Å²) in [4.78, 5) is 6.82. The van der Waals surface area contributed by atoms with Gasteiger partial charge >= 0.3 is 0 Å². The normalized spacial score (nSPS) is 22.5. The summed E-state index contributed by atoms with van der Waals surface area (Å²) in [6, 6.07) is 4.65. The molecule has 2 aromatic heterocycles. The summed E-state index contributed by atoms with van der Waals surface area (Å²) < 4.78 is 7.63. The summed E-state index contributed by atoms with van der Waals surface area (Å²) in [6.45, 7) is 3.91. The van der Waals surface area contributed by atoms with Gasteiger partial charge in [0.1, 0.15) is 0 Å². The molecule has 22 heavy (non-hydrogen) atoms. The Morgan fingerprint density at radius 3 is 3.09 bits per heavy atom. The lowest BCUT2D eigenvalue weighted by atomic mass is 10.0. The first-order valence-electron chi connectivity index (χ1n) is 8.10. The van der Waals surface area contributed by atoms with Crippen LogP contribution in [-0.2, 0) is 24.8 Å². The molecule has 1 atom stereocenters. The molecule has 2 aromatic rings. The average molecular weight is 298 g/mol. The topological polar surface area (TPSA) is 43.2 Å². The monoisotopic (exact) mass is 298 g/mol. The van der Waals surface area contributed by atoms with E-state index in [1.807, 2.05) is 18.5 Å². The third kappa shape index (κ3) is 2.44. The molecule has 5 heteroatoms. The molecule has 1 fully saturated rings. The summed E-state index contributed by atoms with van der Waals surface area (Å²) in [5.74, 6) is 0. The fourth-order valence-corrected chi connectivity index (χ4v) is 3.65. The van der Waals surface area contributed by atoms with Crippen LogP contribution in [0.3, 0.4) is 0 Å². The predicted octanol–water partition coefficient (Wildman–Crippen LogP) is 2.02. The SMILES string of the molecule is Cn1nc(-c2cccnc2)c2c1CN(C1CCOC1)CCC2. The second kappa shape index (κ2) is 5.82. The van der Waals surface area contributed by atoms with E-state index in [2.05, 4.69) is 27.7 Å². The van der Waals surface area contributed by atoms with Crippen molar-refractivity contribution in [3.63, 3.8) is 0 Å². The molecule has 0 aliphatic carbocycles. The number of rotatable bonds is 2. The number of hydrogen-bond donors (Lipinski definition) is 0. The van der Waals surface area contributed by atoms with Crippen LogP contribution in [0.15, 0.2) is 24.5 Å². The number of pyridine rings is 1. The Morgan fingerprint density at radius 2 is 2.32 bits per heavy atom. The zero-order valence-electron chi connectivity index (χ0n) is 13.0. The van der Waals surface area contributed by atoms with Gasteiger partial charge in [0.2, 0.25) is 0 Å². The number of hydrogen-bond acceptors (Lipinski definition) is 4. The smallest absolute Gasteiger partial charge is 0.0973 e.